The summed E-state index contributed by atoms with van der Waals surface area (Å²) in [5.74, 6) is 0.258. The van der Waals surface area contributed by atoms with E-state index in [9.17, 15) is 13.2 Å². The lowest BCUT2D eigenvalue weighted by Gasteiger charge is -2.31. The largest absolute Gasteiger partial charge is 0.325 e. The fourth-order valence-corrected chi connectivity index (χ4v) is 7.27. The highest BCUT2D eigenvalue weighted by atomic mass is 32.2. The number of sulfonamides is 1. The van der Waals surface area contributed by atoms with Gasteiger partial charge in [0.25, 0.3) is 0 Å². The Bertz CT molecular complexity index is 1200. The van der Waals surface area contributed by atoms with Gasteiger partial charge in [0.2, 0.25) is 15.9 Å². The lowest BCUT2D eigenvalue weighted by atomic mass is 9.99. The molecule has 0 unspecified atom stereocenters. The van der Waals surface area contributed by atoms with E-state index in [0.717, 1.165) is 49.3 Å². The van der Waals surface area contributed by atoms with Crippen LogP contribution in [0.4, 0.5) is 5.69 Å². The van der Waals surface area contributed by atoms with Gasteiger partial charge in [-0.1, -0.05) is 12.1 Å². The van der Waals surface area contributed by atoms with Gasteiger partial charge in [0, 0.05) is 31.2 Å². The van der Waals surface area contributed by atoms with Crippen LogP contribution in [0.15, 0.2) is 53.4 Å². The highest BCUT2D eigenvalue weighted by molar-refractivity contribution is 7.89. The maximum atomic E-state index is 12.7. The standard InChI is InChI=1S/C24H28N4O3S2/c29-23(25-19-9-11-20(12-10-19)33(30,31)28-14-3-4-15-28)17-27-13-5-6-18(16-27)24-26-21-7-1-2-8-22(21)32-24/h1-2,7-12,18H,3-6,13-17H2,(H,25,29)/t18-/m0/s1. The number of fused-ring (bicyclic) bond motifs is 1. The zero-order valence-electron chi connectivity index (χ0n) is 18.4. The maximum absolute atomic E-state index is 12.7. The molecule has 1 aromatic heterocycles. The van der Waals surface area contributed by atoms with Gasteiger partial charge in [0.1, 0.15) is 0 Å². The number of hydrogen-bond acceptors (Lipinski definition) is 6. The number of anilines is 1. The van der Waals surface area contributed by atoms with Gasteiger partial charge in [0.15, 0.2) is 0 Å². The van der Waals surface area contributed by atoms with Crippen LogP contribution in [0.3, 0.4) is 0 Å². The van der Waals surface area contributed by atoms with E-state index < -0.39 is 10.0 Å². The van der Waals surface area contributed by atoms with Gasteiger partial charge in [-0.3, -0.25) is 9.69 Å². The number of piperidine rings is 1. The van der Waals surface area contributed by atoms with Crippen molar-refractivity contribution in [2.24, 2.45) is 0 Å². The molecule has 33 heavy (non-hydrogen) atoms. The van der Waals surface area contributed by atoms with Crippen molar-refractivity contribution in [3.05, 3.63) is 53.5 Å². The highest BCUT2D eigenvalue weighted by Gasteiger charge is 2.27. The SMILES string of the molecule is O=C(CN1CCC[C@H](c2nc3ccccc3s2)C1)Nc1ccc(S(=O)(=O)N2CCCC2)cc1. The summed E-state index contributed by atoms with van der Waals surface area (Å²) in [6, 6.07) is 14.7. The second-order valence-electron chi connectivity index (χ2n) is 8.78. The number of likely N-dealkylation sites (tertiary alicyclic amines) is 1. The Balaban J connectivity index is 1.18. The summed E-state index contributed by atoms with van der Waals surface area (Å²) in [5.41, 5.74) is 1.66. The van der Waals surface area contributed by atoms with Gasteiger partial charge in [-0.25, -0.2) is 13.4 Å². The summed E-state index contributed by atoms with van der Waals surface area (Å²) >= 11 is 1.75. The number of para-hydroxylation sites is 1. The molecule has 3 aromatic rings. The predicted octanol–water partition coefficient (Wildman–Crippen LogP) is 3.90. The highest BCUT2D eigenvalue weighted by Crippen LogP contribution is 2.33. The molecule has 9 heteroatoms. The third-order valence-corrected chi connectivity index (χ3v) is 9.49. The van der Waals surface area contributed by atoms with Crippen molar-refractivity contribution in [1.29, 1.82) is 0 Å². The molecule has 2 aliphatic rings. The molecule has 174 valence electrons. The van der Waals surface area contributed by atoms with Crippen molar-refractivity contribution in [2.75, 3.05) is 38.0 Å². The van der Waals surface area contributed by atoms with E-state index in [2.05, 4.69) is 16.3 Å². The predicted molar refractivity (Wildman–Crippen MR) is 131 cm³/mol. The summed E-state index contributed by atoms with van der Waals surface area (Å²) in [5, 5.41) is 4.06. The number of thiazole rings is 1. The molecule has 1 atom stereocenters. The quantitative estimate of drug-likeness (QED) is 0.574. The van der Waals surface area contributed by atoms with Gasteiger partial charge in [0.05, 0.1) is 26.7 Å². The third-order valence-electron chi connectivity index (χ3n) is 6.37. The average Bonchev–Trinajstić information content (AvgIpc) is 3.50. The van der Waals surface area contributed by atoms with E-state index in [4.69, 9.17) is 4.98 Å². The first-order chi connectivity index (χ1) is 16.0. The molecule has 1 N–H and O–H groups in total. The molecular formula is C24H28N4O3S2. The monoisotopic (exact) mass is 484 g/mol. The van der Waals surface area contributed by atoms with E-state index in [-0.39, 0.29) is 10.8 Å². The lowest BCUT2D eigenvalue weighted by molar-refractivity contribution is -0.117. The number of rotatable bonds is 6. The second kappa shape index (κ2) is 9.50. The molecule has 0 aliphatic carbocycles. The van der Waals surface area contributed by atoms with Gasteiger partial charge in [-0.2, -0.15) is 4.31 Å². The Labute approximate surface area is 198 Å². The molecule has 2 aliphatic heterocycles. The Hall–Kier alpha value is -2.33. The summed E-state index contributed by atoms with van der Waals surface area (Å²) in [6.07, 6.45) is 3.94. The lowest BCUT2D eigenvalue weighted by Crippen LogP contribution is -2.39. The number of nitrogens with one attached hydrogen (secondary N) is 1. The molecule has 5 rings (SSSR count). The fourth-order valence-electron chi connectivity index (χ4n) is 4.66. The molecule has 0 bridgehead atoms. The number of carbonyl (C=O) groups is 1. The van der Waals surface area contributed by atoms with Crippen molar-refractivity contribution in [3.63, 3.8) is 0 Å². The van der Waals surface area contributed by atoms with E-state index in [1.807, 2.05) is 18.2 Å². The fraction of sp³-hybridized carbons (Fsp3) is 0.417. The van der Waals surface area contributed by atoms with Crippen LogP contribution in [-0.4, -0.2) is 61.2 Å². The van der Waals surface area contributed by atoms with Crippen molar-refractivity contribution >= 4 is 43.2 Å². The maximum Gasteiger partial charge on any atom is 0.243 e. The Kier molecular flexibility index (Phi) is 6.47. The minimum Gasteiger partial charge on any atom is -0.325 e. The van der Waals surface area contributed by atoms with Crippen LogP contribution in [0.1, 0.15) is 36.6 Å². The average molecular weight is 485 g/mol. The summed E-state index contributed by atoms with van der Waals surface area (Å²) in [4.78, 5) is 19.9. The Morgan fingerprint density at radius 3 is 2.55 bits per heavy atom. The topological polar surface area (TPSA) is 82.6 Å². The number of nitrogens with zero attached hydrogens (tertiary/aromatic N) is 3. The number of hydrogen-bond donors (Lipinski definition) is 1. The van der Waals surface area contributed by atoms with Gasteiger partial charge in [-0.05, 0) is 68.6 Å². The first-order valence-electron chi connectivity index (χ1n) is 11.5. The summed E-state index contributed by atoms with van der Waals surface area (Å²) < 4.78 is 28.1. The van der Waals surface area contributed by atoms with E-state index in [0.29, 0.717) is 31.2 Å². The zero-order chi connectivity index (χ0) is 22.8. The smallest absolute Gasteiger partial charge is 0.243 e. The number of aromatic nitrogens is 1. The van der Waals surface area contributed by atoms with E-state index in [1.54, 1.807) is 35.6 Å². The second-order valence-corrected chi connectivity index (χ2v) is 11.8. The summed E-state index contributed by atoms with van der Waals surface area (Å²) in [6.45, 7) is 3.18. The third kappa shape index (κ3) is 4.96. The van der Waals surface area contributed by atoms with Crippen LogP contribution in [0.25, 0.3) is 10.2 Å². The van der Waals surface area contributed by atoms with Crippen LogP contribution in [-0.2, 0) is 14.8 Å². The van der Waals surface area contributed by atoms with Gasteiger partial charge >= 0.3 is 0 Å². The molecule has 0 saturated carbocycles. The van der Waals surface area contributed by atoms with Crippen molar-refractivity contribution in [1.82, 2.24) is 14.2 Å². The van der Waals surface area contributed by atoms with Crippen LogP contribution in [0.5, 0.6) is 0 Å². The van der Waals surface area contributed by atoms with Crippen molar-refractivity contribution in [3.8, 4) is 0 Å². The van der Waals surface area contributed by atoms with E-state index >= 15 is 0 Å². The minimum atomic E-state index is -3.44. The number of benzene rings is 2. The van der Waals surface area contributed by atoms with Crippen LogP contribution >= 0.6 is 11.3 Å². The zero-order valence-corrected chi connectivity index (χ0v) is 20.1. The Morgan fingerprint density at radius 1 is 1.03 bits per heavy atom. The molecule has 1 amide bonds. The molecule has 3 heterocycles. The molecule has 7 nitrogen and oxygen atoms in total. The summed E-state index contributed by atoms with van der Waals surface area (Å²) in [7, 11) is -3.44. The number of carbonyl (C=O) groups excluding carboxylic acids is 1. The molecule has 2 saturated heterocycles. The molecule has 2 aromatic carbocycles. The first-order valence-corrected chi connectivity index (χ1v) is 13.7. The van der Waals surface area contributed by atoms with Crippen molar-refractivity contribution in [2.45, 2.75) is 36.5 Å². The first kappa shape index (κ1) is 22.5. The van der Waals surface area contributed by atoms with Crippen LogP contribution < -0.4 is 5.32 Å². The van der Waals surface area contributed by atoms with E-state index in [1.165, 1.54) is 9.01 Å². The molecule has 0 radical (unpaired) electrons. The molecule has 2 fully saturated rings. The minimum absolute atomic E-state index is 0.0879. The molecular weight excluding hydrogens is 456 g/mol. The van der Waals surface area contributed by atoms with Gasteiger partial charge in [-0.15, -0.1) is 11.3 Å². The normalized spacial score (nSPS) is 20.3. The van der Waals surface area contributed by atoms with Gasteiger partial charge < -0.3 is 5.32 Å². The van der Waals surface area contributed by atoms with Crippen LogP contribution in [0.2, 0.25) is 0 Å². The number of amides is 1. The Morgan fingerprint density at radius 2 is 1.79 bits per heavy atom. The van der Waals surface area contributed by atoms with Crippen molar-refractivity contribution < 1.29 is 13.2 Å². The van der Waals surface area contributed by atoms with Crippen LogP contribution in [0, 0.1) is 0 Å². The molecule has 0 spiro atoms.